The van der Waals surface area contributed by atoms with E-state index in [1.807, 2.05) is 11.8 Å². The van der Waals surface area contributed by atoms with Crippen LogP contribution in [0.3, 0.4) is 0 Å². The van der Waals surface area contributed by atoms with Crippen LogP contribution in [0.25, 0.3) is 0 Å². The summed E-state index contributed by atoms with van der Waals surface area (Å²) in [7, 11) is 0. The fraction of sp³-hybridized carbons (Fsp3) is 0.920. The maximum atomic E-state index is 13.0. The molecule has 0 unspecified atom stereocenters. The van der Waals surface area contributed by atoms with Gasteiger partial charge in [0.1, 0.15) is 0 Å². The summed E-state index contributed by atoms with van der Waals surface area (Å²) in [6.07, 6.45) is 6.21. The van der Waals surface area contributed by atoms with Crippen LogP contribution >= 0.6 is 0 Å². The summed E-state index contributed by atoms with van der Waals surface area (Å²) >= 11 is 0. The first kappa shape index (κ1) is 23.6. The molecule has 5 nitrogen and oxygen atoms in total. The summed E-state index contributed by atoms with van der Waals surface area (Å²) < 4.78 is 0. The molecule has 1 aliphatic heterocycles. The summed E-state index contributed by atoms with van der Waals surface area (Å²) in [4.78, 5) is 27.6. The van der Waals surface area contributed by atoms with Crippen LogP contribution in [0.15, 0.2) is 0 Å². The van der Waals surface area contributed by atoms with E-state index >= 15 is 0 Å². The first-order valence-electron chi connectivity index (χ1n) is 12.2. The standard InChI is InChI=1S/C25H44N2O3/c1-16(23(30)27-13-7-8-14-27)18-9-11-25(6)12-10-19(17(2)21(25)22(18)29)26-20(28)15-24(3,4)5/h16-19,21-22,29H,7-15H2,1-6H3,(H,26,28)/t16-,17+,18-,19-,21+,22-,25-/m0/s1. The molecule has 5 heteroatoms. The molecule has 172 valence electrons. The van der Waals surface area contributed by atoms with Crippen molar-refractivity contribution in [1.29, 1.82) is 0 Å². The van der Waals surface area contributed by atoms with Gasteiger partial charge in [-0.15, -0.1) is 0 Å². The lowest BCUT2D eigenvalue weighted by molar-refractivity contribution is -0.150. The van der Waals surface area contributed by atoms with Crippen LogP contribution in [0.5, 0.6) is 0 Å². The summed E-state index contributed by atoms with van der Waals surface area (Å²) in [6.45, 7) is 14.5. The van der Waals surface area contributed by atoms with E-state index in [4.69, 9.17) is 0 Å². The van der Waals surface area contributed by atoms with Gasteiger partial charge in [0.15, 0.2) is 0 Å². The monoisotopic (exact) mass is 420 g/mol. The van der Waals surface area contributed by atoms with E-state index in [2.05, 4.69) is 39.9 Å². The Morgan fingerprint density at radius 3 is 2.37 bits per heavy atom. The molecule has 3 aliphatic rings. The van der Waals surface area contributed by atoms with Crippen LogP contribution in [-0.2, 0) is 9.59 Å². The van der Waals surface area contributed by atoms with Crippen LogP contribution in [-0.4, -0.2) is 47.1 Å². The van der Waals surface area contributed by atoms with Crippen molar-refractivity contribution in [3.8, 4) is 0 Å². The second-order valence-electron chi connectivity index (χ2n) is 12.0. The Kier molecular flexibility index (Phi) is 6.91. The normalized spacial score (nSPS) is 38.1. The molecule has 3 rings (SSSR count). The average molecular weight is 421 g/mol. The van der Waals surface area contributed by atoms with E-state index in [0.717, 1.165) is 51.6 Å². The Bertz CT molecular complexity index is 637. The van der Waals surface area contributed by atoms with Gasteiger partial charge in [-0.3, -0.25) is 9.59 Å². The molecular formula is C25H44N2O3. The number of rotatable bonds is 4. The van der Waals surface area contributed by atoms with E-state index < -0.39 is 6.10 Å². The van der Waals surface area contributed by atoms with Crippen molar-refractivity contribution in [2.45, 2.75) is 98.6 Å². The molecule has 1 heterocycles. The number of fused-ring (bicyclic) bond motifs is 1. The fourth-order valence-corrected chi connectivity index (χ4v) is 6.65. The molecule has 0 bridgehead atoms. The molecule has 7 atom stereocenters. The quantitative estimate of drug-likeness (QED) is 0.722. The summed E-state index contributed by atoms with van der Waals surface area (Å²) in [5.74, 6) is 0.549. The smallest absolute Gasteiger partial charge is 0.225 e. The molecule has 0 radical (unpaired) electrons. The predicted octanol–water partition coefficient (Wildman–Crippen LogP) is 3.99. The zero-order chi connectivity index (χ0) is 22.3. The molecule has 2 amide bonds. The maximum absolute atomic E-state index is 13.0. The minimum Gasteiger partial charge on any atom is -0.392 e. The van der Waals surface area contributed by atoms with Gasteiger partial charge >= 0.3 is 0 Å². The zero-order valence-corrected chi connectivity index (χ0v) is 20.0. The number of likely N-dealkylation sites (tertiary alicyclic amines) is 1. The zero-order valence-electron chi connectivity index (χ0n) is 20.0. The van der Waals surface area contributed by atoms with E-state index in [9.17, 15) is 14.7 Å². The first-order chi connectivity index (χ1) is 13.9. The summed E-state index contributed by atoms with van der Waals surface area (Å²) in [5, 5.41) is 14.8. The van der Waals surface area contributed by atoms with Gasteiger partial charge in [0.25, 0.3) is 0 Å². The maximum Gasteiger partial charge on any atom is 0.225 e. The van der Waals surface area contributed by atoms with Gasteiger partial charge < -0.3 is 15.3 Å². The summed E-state index contributed by atoms with van der Waals surface area (Å²) in [6, 6.07) is 0.107. The van der Waals surface area contributed by atoms with Crippen LogP contribution in [0, 0.1) is 34.5 Å². The third kappa shape index (κ3) is 4.87. The van der Waals surface area contributed by atoms with Gasteiger partial charge in [0.2, 0.25) is 11.8 Å². The Hall–Kier alpha value is -1.10. The highest BCUT2D eigenvalue weighted by atomic mass is 16.3. The van der Waals surface area contributed by atoms with Gasteiger partial charge in [-0.1, -0.05) is 41.5 Å². The molecular weight excluding hydrogens is 376 g/mol. The minimum atomic E-state index is -0.484. The molecule has 30 heavy (non-hydrogen) atoms. The van der Waals surface area contributed by atoms with Crippen molar-refractivity contribution in [2.24, 2.45) is 34.5 Å². The topological polar surface area (TPSA) is 69.6 Å². The van der Waals surface area contributed by atoms with Crippen LogP contribution in [0.2, 0.25) is 0 Å². The molecule has 0 spiro atoms. The Balaban J connectivity index is 1.70. The molecule has 2 saturated carbocycles. The van der Waals surface area contributed by atoms with E-state index in [-0.39, 0.29) is 52.4 Å². The molecule has 0 aromatic carbocycles. The largest absolute Gasteiger partial charge is 0.392 e. The summed E-state index contributed by atoms with van der Waals surface area (Å²) in [5.41, 5.74) is 0.0638. The Morgan fingerprint density at radius 2 is 1.77 bits per heavy atom. The third-order valence-electron chi connectivity index (χ3n) is 8.37. The number of hydrogen-bond donors (Lipinski definition) is 2. The van der Waals surface area contributed by atoms with Crippen LogP contribution in [0.1, 0.15) is 86.5 Å². The van der Waals surface area contributed by atoms with Gasteiger partial charge in [0.05, 0.1) is 6.10 Å². The van der Waals surface area contributed by atoms with Crippen molar-refractivity contribution in [3.63, 3.8) is 0 Å². The van der Waals surface area contributed by atoms with Crippen molar-refractivity contribution in [3.05, 3.63) is 0 Å². The molecule has 2 aliphatic carbocycles. The van der Waals surface area contributed by atoms with Gasteiger partial charge in [-0.2, -0.15) is 0 Å². The van der Waals surface area contributed by atoms with E-state index in [1.165, 1.54) is 0 Å². The number of carbonyl (C=O) groups excluding carboxylic acids is 2. The molecule has 2 N–H and O–H groups in total. The van der Waals surface area contributed by atoms with Crippen molar-refractivity contribution in [2.75, 3.05) is 13.1 Å². The number of nitrogens with zero attached hydrogens (tertiary/aromatic N) is 1. The highest BCUT2D eigenvalue weighted by Crippen LogP contribution is 2.55. The number of nitrogens with one attached hydrogen (secondary N) is 1. The fourth-order valence-electron chi connectivity index (χ4n) is 6.65. The van der Waals surface area contributed by atoms with Crippen LogP contribution < -0.4 is 5.32 Å². The molecule has 3 fully saturated rings. The van der Waals surface area contributed by atoms with E-state index in [1.54, 1.807) is 0 Å². The SMILES string of the molecule is C[C@H]1[C@@H]2[C@@H](O)[C@H]([C@H](C)C(=O)N3CCCC3)CC[C@@]2(C)CC[C@@H]1NC(=O)CC(C)(C)C. The minimum absolute atomic E-state index is 0.0163. The van der Waals surface area contributed by atoms with Gasteiger partial charge in [-0.05, 0) is 67.1 Å². The Morgan fingerprint density at radius 1 is 1.17 bits per heavy atom. The lowest BCUT2D eigenvalue weighted by Gasteiger charge is -2.56. The average Bonchev–Trinajstić information content (AvgIpc) is 3.16. The van der Waals surface area contributed by atoms with Crippen LogP contribution in [0.4, 0.5) is 0 Å². The van der Waals surface area contributed by atoms with Gasteiger partial charge in [-0.25, -0.2) is 0 Å². The number of aliphatic hydroxyl groups is 1. The lowest BCUT2D eigenvalue weighted by Crippen LogP contribution is -2.58. The molecule has 1 saturated heterocycles. The van der Waals surface area contributed by atoms with Gasteiger partial charge in [0, 0.05) is 31.5 Å². The number of amides is 2. The number of carbonyl (C=O) groups is 2. The van der Waals surface area contributed by atoms with Crippen molar-refractivity contribution >= 4 is 11.8 Å². The van der Waals surface area contributed by atoms with Crippen molar-refractivity contribution < 1.29 is 14.7 Å². The highest BCUT2D eigenvalue weighted by molar-refractivity contribution is 5.79. The molecule has 0 aromatic rings. The molecule has 0 aromatic heterocycles. The van der Waals surface area contributed by atoms with E-state index in [0.29, 0.717) is 6.42 Å². The Labute approximate surface area is 183 Å². The second-order valence-corrected chi connectivity index (χ2v) is 12.0. The first-order valence-corrected chi connectivity index (χ1v) is 12.2. The third-order valence-corrected chi connectivity index (χ3v) is 8.37. The highest BCUT2D eigenvalue weighted by Gasteiger charge is 2.54. The number of aliphatic hydroxyl groups excluding tert-OH is 1. The predicted molar refractivity (Wildman–Crippen MR) is 120 cm³/mol. The van der Waals surface area contributed by atoms with Crippen molar-refractivity contribution in [1.82, 2.24) is 10.2 Å². The lowest BCUT2D eigenvalue weighted by atomic mass is 9.51. The second kappa shape index (κ2) is 8.80. The number of hydrogen-bond acceptors (Lipinski definition) is 3.